The number of nitrogens with one attached hydrogen (secondary N) is 1. The van der Waals surface area contributed by atoms with Crippen LogP contribution in [0.4, 0.5) is 0 Å². The van der Waals surface area contributed by atoms with Gasteiger partial charge < -0.3 is 10.1 Å². The first-order valence-corrected chi connectivity index (χ1v) is 6.74. The molecule has 1 aromatic rings. The summed E-state index contributed by atoms with van der Waals surface area (Å²) in [7, 11) is 1.97. The maximum Gasteiger partial charge on any atom is 0.0828 e. The highest BCUT2D eigenvalue weighted by molar-refractivity contribution is 9.10. The van der Waals surface area contributed by atoms with E-state index in [2.05, 4.69) is 46.5 Å². The normalized spacial score (nSPS) is 14.2. The third-order valence-electron chi connectivity index (χ3n) is 2.41. The molecule has 0 aliphatic carbocycles. The van der Waals surface area contributed by atoms with Crippen molar-refractivity contribution in [1.29, 1.82) is 0 Å². The minimum absolute atomic E-state index is 0.198. The van der Waals surface area contributed by atoms with Gasteiger partial charge in [0.05, 0.1) is 11.6 Å². The van der Waals surface area contributed by atoms with Crippen LogP contribution in [0.1, 0.15) is 31.7 Å². The Bertz CT molecular complexity index is 311. The first-order chi connectivity index (χ1) is 7.03. The Morgan fingerprint density at radius 2 is 2.27 bits per heavy atom. The molecule has 4 heteroatoms. The molecular formula is C11H18BrNOS. The fourth-order valence-electron chi connectivity index (χ4n) is 1.76. The smallest absolute Gasteiger partial charge is 0.0828 e. The van der Waals surface area contributed by atoms with Crippen LogP contribution in [0.25, 0.3) is 0 Å². The highest BCUT2D eigenvalue weighted by Crippen LogP contribution is 2.36. The average molecular weight is 292 g/mol. The molecule has 0 bridgehead atoms. The van der Waals surface area contributed by atoms with Crippen molar-refractivity contribution in [2.75, 3.05) is 13.7 Å². The quantitative estimate of drug-likeness (QED) is 0.895. The molecule has 15 heavy (non-hydrogen) atoms. The summed E-state index contributed by atoms with van der Waals surface area (Å²) < 4.78 is 6.94. The molecule has 1 heterocycles. The van der Waals surface area contributed by atoms with Gasteiger partial charge in [-0.15, -0.1) is 11.3 Å². The molecule has 0 saturated carbocycles. The van der Waals surface area contributed by atoms with E-state index in [1.54, 1.807) is 11.3 Å². The first-order valence-electron chi connectivity index (χ1n) is 5.07. The molecule has 86 valence electrons. The van der Waals surface area contributed by atoms with Gasteiger partial charge in [0.2, 0.25) is 0 Å². The van der Waals surface area contributed by atoms with Crippen molar-refractivity contribution in [3.63, 3.8) is 0 Å². The van der Waals surface area contributed by atoms with E-state index in [0.717, 1.165) is 11.1 Å². The lowest BCUT2D eigenvalue weighted by Gasteiger charge is -2.33. The molecule has 0 saturated heterocycles. The third-order valence-corrected chi connectivity index (χ3v) is 4.34. The third kappa shape index (κ3) is 3.03. The molecule has 2 nitrogen and oxygen atoms in total. The van der Waals surface area contributed by atoms with E-state index in [9.17, 15) is 0 Å². The van der Waals surface area contributed by atoms with Gasteiger partial charge in [0, 0.05) is 16.0 Å². The summed E-state index contributed by atoms with van der Waals surface area (Å²) in [6, 6.07) is 2.29. The second-order valence-corrected chi connectivity index (χ2v) is 5.69. The fraction of sp³-hybridized carbons (Fsp3) is 0.636. The van der Waals surface area contributed by atoms with E-state index in [4.69, 9.17) is 4.74 Å². The maximum atomic E-state index is 5.78. The molecule has 0 aliphatic heterocycles. The lowest BCUT2D eigenvalue weighted by molar-refractivity contribution is -0.0367. The Morgan fingerprint density at radius 1 is 1.60 bits per heavy atom. The summed E-state index contributed by atoms with van der Waals surface area (Å²) in [5.41, 5.74) is -0.198. The Morgan fingerprint density at radius 3 is 2.67 bits per heavy atom. The molecule has 1 aromatic heterocycles. The Balaban J connectivity index is 2.93. The molecule has 0 aromatic carbocycles. The first kappa shape index (κ1) is 13.2. The van der Waals surface area contributed by atoms with Crippen LogP contribution in [0, 0.1) is 0 Å². The fourth-order valence-corrected chi connectivity index (χ4v) is 3.65. The molecule has 0 radical (unpaired) electrons. The predicted molar refractivity (Wildman–Crippen MR) is 69.5 cm³/mol. The van der Waals surface area contributed by atoms with Crippen molar-refractivity contribution in [2.24, 2.45) is 0 Å². The number of hydrogen-bond acceptors (Lipinski definition) is 3. The number of thiophene rings is 1. The van der Waals surface area contributed by atoms with Crippen LogP contribution in [0.3, 0.4) is 0 Å². The Labute approximate surface area is 104 Å². The number of likely N-dealkylation sites (N-methyl/N-ethyl adjacent to an activating group) is 1. The van der Waals surface area contributed by atoms with Crippen molar-refractivity contribution < 1.29 is 4.74 Å². The minimum Gasteiger partial charge on any atom is -0.374 e. The molecule has 0 amide bonds. The summed E-state index contributed by atoms with van der Waals surface area (Å²) in [6.07, 6.45) is 0. The summed E-state index contributed by atoms with van der Waals surface area (Å²) in [6.45, 7) is 6.99. The van der Waals surface area contributed by atoms with Crippen LogP contribution in [0.15, 0.2) is 15.9 Å². The van der Waals surface area contributed by atoms with E-state index < -0.39 is 0 Å². The zero-order valence-corrected chi connectivity index (χ0v) is 12.0. The zero-order valence-electron chi connectivity index (χ0n) is 9.63. The van der Waals surface area contributed by atoms with Crippen LogP contribution in [-0.4, -0.2) is 19.3 Å². The number of rotatable bonds is 5. The molecule has 0 fully saturated rings. The van der Waals surface area contributed by atoms with Crippen LogP contribution >= 0.6 is 27.3 Å². The standard InChI is InChI=1S/C11H18BrNOS/c1-5-14-11(2,3)10(13-4)9-8(12)6-7-15-9/h6-7,10,13H,5H2,1-4H3. The van der Waals surface area contributed by atoms with Gasteiger partial charge in [0.25, 0.3) is 0 Å². The molecule has 1 atom stereocenters. The van der Waals surface area contributed by atoms with Crippen molar-refractivity contribution in [3.8, 4) is 0 Å². The van der Waals surface area contributed by atoms with E-state index >= 15 is 0 Å². The summed E-state index contributed by atoms with van der Waals surface area (Å²) >= 11 is 5.31. The van der Waals surface area contributed by atoms with Gasteiger partial charge in [0.1, 0.15) is 0 Å². The topological polar surface area (TPSA) is 21.3 Å². The van der Waals surface area contributed by atoms with Gasteiger partial charge in [-0.2, -0.15) is 0 Å². The number of ether oxygens (including phenoxy) is 1. The zero-order chi connectivity index (χ0) is 11.5. The molecule has 1 N–H and O–H groups in total. The van der Waals surface area contributed by atoms with E-state index in [1.165, 1.54) is 4.88 Å². The van der Waals surface area contributed by atoms with Gasteiger partial charge in [-0.1, -0.05) is 0 Å². The van der Waals surface area contributed by atoms with Gasteiger partial charge >= 0.3 is 0 Å². The van der Waals surface area contributed by atoms with E-state index in [1.807, 2.05) is 14.0 Å². The average Bonchev–Trinajstić information content (AvgIpc) is 2.53. The second-order valence-electron chi connectivity index (χ2n) is 3.89. The van der Waals surface area contributed by atoms with Crippen molar-refractivity contribution >= 4 is 27.3 Å². The Hall–Kier alpha value is 0.100. The summed E-state index contributed by atoms with van der Waals surface area (Å²) in [4.78, 5) is 1.29. The van der Waals surface area contributed by atoms with Crippen LogP contribution in [-0.2, 0) is 4.74 Å². The highest BCUT2D eigenvalue weighted by Gasteiger charge is 2.32. The van der Waals surface area contributed by atoms with Crippen molar-refractivity contribution in [2.45, 2.75) is 32.4 Å². The van der Waals surface area contributed by atoms with Gasteiger partial charge in [-0.3, -0.25) is 0 Å². The van der Waals surface area contributed by atoms with Crippen molar-refractivity contribution in [1.82, 2.24) is 5.32 Å². The molecule has 1 unspecified atom stereocenters. The summed E-state index contributed by atoms with van der Waals surface area (Å²) in [5, 5.41) is 5.41. The SMILES string of the molecule is CCOC(C)(C)C(NC)c1sccc1Br. The summed E-state index contributed by atoms with van der Waals surface area (Å²) in [5.74, 6) is 0. The van der Waals surface area contributed by atoms with Crippen LogP contribution in [0.5, 0.6) is 0 Å². The number of hydrogen-bond donors (Lipinski definition) is 1. The highest BCUT2D eigenvalue weighted by atomic mass is 79.9. The largest absolute Gasteiger partial charge is 0.374 e. The predicted octanol–water partition coefficient (Wildman–Crippen LogP) is 3.59. The Kier molecular flexibility index (Phi) is 4.77. The van der Waals surface area contributed by atoms with Crippen LogP contribution in [0.2, 0.25) is 0 Å². The molecular weight excluding hydrogens is 274 g/mol. The van der Waals surface area contributed by atoms with E-state index in [0.29, 0.717) is 0 Å². The second kappa shape index (κ2) is 5.43. The number of halogens is 1. The van der Waals surface area contributed by atoms with Crippen molar-refractivity contribution in [3.05, 3.63) is 20.8 Å². The van der Waals surface area contributed by atoms with E-state index in [-0.39, 0.29) is 11.6 Å². The maximum absolute atomic E-state index is 5.78. The minimum atomic E-state index is -0.198. The van der Waals surface area contributed by atoms with Gasteiger partial charge in [-0.05, 0) is 55.2 Å². The molecule has 0 aliphatic rings. The molecule has 0 spiro atoms. The molecule has 1 rings (SSSR count). The lowest BCUT2D eigenvalue weighted by Crippen LogP contribution is -2.39. The van der Waals surface area contributed by atoms with Crippen LogP contribution < -0.4 is 5.32 Å². The monoisotopic (exact) mass is 291 g/mol. The van der Waals surface area contributed by atoms with Gasteiger partial charge in [0.15, 0.2) is 0 Å². The van der Waals surface area contributed by atoms with Gasteiger partial charge in [-0.25, -0.2) is 0 Å². The lowest BCUT2D eigenvalue weighted by atomic mass is 9.97.